The quantitative estimate of drug-likeness (QED) is 0.270. The van der Waals surface area contributed by atoms with Crippen LogP contribution in [0.5, 0.6) is 0 Å². The minimum atomic E-state index is -1.16. The van der Waals surface area contributed by atoms with Crippen molar-refractivity contribution in [3.8, 4) is 0 Å². The average molecular weight is 451 g/mol. The lowest BCUT2D eigenvalue weighted by Crippen LogP contribution is -2.68. The van der Waals surface area contributed by atoms with Crippen molar-refractivity contribution >= 4 is 0 Å². The standard InChI is InChI=1S/C27H46O5/c1-17(7-6-12-24(2,3)32-31)20-8-9-21-19-15-23(29)27(30)16-18(28)10-14-26(27,5)22(19)11-13-25(20,21)4/h6,12,17-23,28-31H,7-11,13-16H2,1-5H3. The molecule has 5 heteroatoms. The Morgan fingerprint density at radius 2 is 1.78 bits per heavy atom. The molecular formula is C27H46O5. The maximum atomic E-state index is 11.6. The normalized spacial score (nSPS) is 50.0. The highest BCUT2D eigenvalue weighted by atomic mass is 17.1. The summed E-state index contributed by atoms with van der Waals surface area (Å²) in [6.07, 6.45) is 11.1. The third-order valence-electron chi connectivity index (χ3n) is 10.9. The minimum absolute atomic E-state index is 0.275. The highest BCUT2D eigenvalue weighted by molar-refractivity contribution is 5.17. The van der Waals surface area contributed by atoms with Gasteiger partial charge in [0.2, 0.25) is 0 Å². The van der Waals surface area contributed by atoms with Crippen LogP contribution in [-0.2, 0) is 4.89 Å². The van der Waals surface area contributed by atoms with Gasteiger partial charge >= 0.3 is 0 Å². The number of allylic oxidation sites excluding steroid dienone is 1. The van der Waals surface area contributed by atoms with Crippen LogP contribution in [0.15, 0.2) is 12.2 Å². The molecule has 0 heterocycles. The summed E-state index contributed by atoms with van der Waals surface area (Å²) in [6.45, 7) is 10.8. The van der Waals surface area contributed by atoms with Crippen molar-refractivity contribution in [1.29, 1.82) is 0 Å². The number of aliphatic hydroxyl groups is 3. The lowest BCUT2D eigenvalue weighted by atomic mass is 9.42. The van der Waals surface area contributed by atoms with Gasteiger partial charge in [-0.1, -0.05) is 32.9 Å². The van der Waals surface area contributed by atoms with Crippen LogP contribution < -0.4 is 0 Å². The molecule has 0 amide bonds. The second kappa shape index (κ2) is 8.34. The molecule has 0 saturated heterocycles. The van der Waals surface area contributed by atoms with Crippen molar-refractivity contribution in [2.45, 2.75) is 116 Å². The molecule has 0 radical (unpaired) electrons. The summed E-state index contributed by atoms with van der Waals surface area (Å²) in [5.74, 6) is 2.68. The van der Waals surface area contributed by atoms with E-state index in [0.717, 1.165) is 25.7 Å². The fourth-order valence-corrected chi connectivity index (χ4v) is 9.00. The first-order valence-corrected chi connectivity index (χ1v) is 13.0. The van der Waals surface area contributed by atoms with E-state index in [9.17, 15) is 15.3 Å². The molecule has 4 rings (SSSR count). The number of hydrogen-bond donors (Lipinski definition) is 4. The third kappa shape index (κ3) is 3.71. The number of hydrogen-bond acceptors (Lipinski definition) is 5. The summed E-state index contributed by atoms with van der Waals surface area (Å²) in [5.41, 5.74) is -1.84. The van der Waals surface area contributed by atoms with Crippen molar-refractivity contribution in [3.05, 3.63) is 12.2 Å². The van der Waals surface area contributed by atoms with E-state index in [1.54, 1.807) is 0 Å². The second-order valence-corrected chi connectivity index (χ2v) is 12.9. The van der Waals surface area contributed by atoms with Gasteiger partial charge in [0, 0.05) is 11.8 Å². The van der Waals surface area contributed by atoms with Gasteiger partial charge in [-0.05, 0) is 100 Å². The van der Waals surface area contributed by atoms with E-state index < -0.39 is 23.4 Å². The molecule has 0 aromatic heterocycles. The lowest BCUT2D eigenvalue weighted by Gasteiger charge is -2.65. The highest BCUT2D eigenvalue weighted by Gasteiger charge is 2.67. The SMILES string of the molecule is CC(CC=CC(C)(C)OO)C1CCC2C3CC(O)C4(O)CC(O)CCC4(C)C3CCC12C. The molecule has 32 heavy (non-hydrogen) atoms. The zero-order valence-corrected chi connectivity index (χ0v) is 20.8. The number of aliphatic hydroxyl groups excluding tert-OH is 2. The Labute approximate surface area is 194 Å². The van der Waals surface area contributed by atoms with Gasteiger partial charge in [-0.3, -0.25) is 5.26 Å². The van der Waals surface area contributed by atoms with Crippen molar-refractivity contribution in [2.75, 3.05) is 0 Å². The van der Waals surface area contributed by atoms with Crippen molar-refractivity contribution < 1.29 is 25.5 Å². The molecule has 4 aliphatic carbocycles. The largest absolute Gasteiger partial charge is 0.393 e. The zero-order valence-electron chi connectivity index (χ0n) is 20.8. The molecule has 0 aliphatic heterocycles. The Morgan fingerprint density at radius 1 is 1.06 bits per heavy atom. The van der Waals surface area contributed by atoms with Crippen LogP contribution >= 0.6 is 0 Å². The van der Waals surface area contributed by atoms with Crippen molar-refractivity contribution in [1.82, 2.24) is 0 Å². The van der Waals surface area contributed by atoms with Gasteiger partial charge in [-0.15, -0.1) is 0 Å². The van der Waals surface area contributed by atoms with E-state index in [-0.39, 0.29) is 10.8 Å². The van der Waals surface area contributed by atoms with Crippen molar-refractivity contribution in [2.24, 2.45) is 40.4 Å². The van der Waals surface area contributed by atoms with Crippen LogP contribution in [0.4, 0.5) is 0 Å². The number of fused-ring (bicyclic) bond motifs is 5. The van der Waals surface area contributed by atoms with E-state index >= 15 is 0 Å². The predicted molar refractivity (Wildman–Crippen MR) is 125 cm³/mol. The summed E-state index contributed by atoms with van der Waals surface area (Å²) < 4.78 is 0. The van der Waals surface area contributed by atoms with Gasteiger partial charge in [0.25, 0.3) is 0 Å². The van der Waals surface area contributed by atoms with Crippen LogP contribution in [0.2, 0.25) is 0 Å². The smallest absolute Gasteiger partial charge is 0.116 e. The first-order chi connectivity index (χ1) is 14.9. The summed E-state index contributed by atoms with van der Waals surface area (Å²) in [7, 11) is 0. The maximum absolute atomic E-state index is 11.6. The first kappa shape index (κ1) is 24.7. The average Bonchev–Trinajstić information content (AvgIpc) is 3.08. The molecule has 4 aliphatic rings. The number of rotatable bonds is 5. The van der Waals surface area contributed by atoms with Crippen molar-refractivity contribution in [3.63, 3.8) is 0 Å². The van der Waals surface area contributed by atoms with Crippen LogP contribution in [0.25, 0.3) is 0 Å². The van der Waals surface area contributed by atoms with E-state index in [2.05, 4.69) is 31.7 Å². The van der Waals surface area contributed by atoms with Gasteiger partial charge in [-0.25, -0.2) is 4.89 Å². The van der Waals surface area contributed by atoms with Crippen LogP contribution in [-0.4, -0.2) is 44.0 Å². The summed E-state index contributed by atoms with van der Waals surface area (Å²) in [5, 5.41) is 42.1. The maximum Gasteiger partial charge on any atom is 0.116 e. The predicted octanol–water partition coefficient (Wildman–Crippen LogP) is 4.94. The van der Waals surface area contributed by atoms with Gasteiger partial charge < -0.3 is 15.3 Å². The summed E-state index contributed by atoms with van der Waals surface area (Å²) >= 11 is 0. The van der Waals surface area contributed by atoms with E-state index in [1.165, 1.54) is 19.3 Å². The molecule has 5 nitrogen and oxygen atoms in total. The van der Waals surface area contributed by atoms with Gasteiger partial charge in [0.15, 0.2) is 0 Å². The van der Waals surface area contributed by atoms with Crippen LogP contribution in [0.1, 0.15) is 92.4 Å². The molecule has 0 aromatic carbocycles. The Hall–Kier alpha value is -0.460. The van der Waals surface area contributed by atoms with Gasteiger partial charge in [0.05, 0.1) is 17.8 Å². The summed E-state index contributed by atoms with van der Waals surface area (Å²) in [6, 6.07) is 0. The molecular weight excluding hydrogens is 404 g/mol. The topological polar surface area (TPSA) is 90.2 Å². The Balaban J connectivity index is 1.52. The summed E-state index contributed by atoms with van der Waals surface area (Å²) in [4.78, 5) is 4.54. The molecule has 4 saturated carbocycles. The monoisotopic (exact) mass is 450 g/mol. The molecule has 10 atom stereocenters. The molecule has 0 bridgehead atoms. The van der Waals surface area contributed by atoms with Gasteiger partial charge in [-0.2, -0.15) is 0 Å². The van der Waals surface area contributed by atoms with E-state index in [1.807, 2.05) is 19.9 Å². The van der Waals surface area contributed by atoms with Gasteiger partial charge in [0.1, 0.15) is 5.60 Å². The molecule has 4 N–H and O–H groups in total. The van der Waals surface area contributed by atoms with E-state index in [0.29, 0.717) is 42.4 Å². The zero-order chi connectivity index (χ0) is 23.5. The Kier molecular flexibility index (Phi) is 6.42. The lowest BCUT2D eigenvalue weighted by molar-refractivity contribution is -0.297. The fourth-order valence-electron chi connectivity index (χ4n) is 9.00. The third-order valence-corrected chi connectivity index (χ3v) is 10.9. The van der Waals surface area contributed by atoms with E-state index in [4.69, 9.17) is 5.26 Å². The second-order valence-electron chi connectivity index (χ2n) is 12.9. The first-order valence-electron chi connectivity index (χ1n) is 13.0. The Bertz CT molecular complexity index is 721. The van der Waals surface area contributed by atoms with Crippen LogP contribution in [0, 0.1) is 40.4 Å². The minimum Gasteiger partial charge on any atom is -0.393 e. The Morgan fingerprint density at radius 3 is 2.47 bits per heavy atom. The molecule has 4 fully saturated rings. The van der Waals surface area contributed by atoms with Crippen LogP contribution in [0.3, 0.4) is 0 Å². The molecule has 0 spiro atoms. The molecule has 10 unspecified atom stereocenters. The fraction of sp³-hybridized carbons (Fsp3) is 0.926. The molecule has 184 valence electrons. The highest BCUT2D eigenvalue weighted by Crippen LogP contribution is 2.69. The molecule has 0 aromatic rings.